The van der Waals surface area contributed by atoms with E-state index in [4.69, 9.17) is 14.2 Å². The molecule has 0 bridgehead atoms. The second-order valence-corrected chi connectivity index (χ2v) is 5.87. The fraction of sp³-hybridized carbons (Fsp3) is 0.800. The van der Waals surface area contributed by atoms with Crippen LogP contribution in [0.2, 0.25) is 0 Å². The fourth-order valence-corrected chi connectivity index (χ4v) is 3.50. The van der Waals surface area contributed by atoms with E-state index in [1.54, 1.807) is 13.0 Å². The van der Waals surface area contributed by atoms with E-state index < -0.39 is 17.4 Å². The second kappa shape index (κ2) is 5.04. The van der Waals surface area contributed by atoms with Gasteiger partial charge in [-0.3, -0.25) is 0 Å². The second-order valence-electron chi connectivity index (χ2n) is 5.87. The van der Waals surface area contributed by atoms with Crippen LogP contribution >= 0.6 is 0 Å². The van der Waals surface area contributed by atoms with Crippen LogP contribution in [0.4, 0.5) is 0 Å². The minimum absolute atomic E-state index is 0.111. The Balaban J connectivity index is 1.88. The Bertz CT molecular complexity index is 426. The van der Waals surface area contributed by atoms with E-state index in [0.717, 1.165) is 19.3 Å². The molecule has 2 fully saturated rings. The summed E-state index contributed by atoms with van der Waals surface area (Å²) < 4.78 is 16.8. The topological polar surface area (TPSA) is 65.0 Å². The Morgan fingerprint density at radius 3 is 2.95 bits per heavy atom. The van der Waals surface area contributed by atoms with Crippen molar-refractivity contribution in [3.05, 3.63) is 11.8 Å². The SMILES string of the molecule is CCOC(=O)C1=CC[C@H]2CCCO[C@@]2(C2(O)CCC2)O1. The van der Waals surface area contributed by atoms with Crippen LogP contribution in [0.5, 0.6) is 0 Å². The minimum Gasteiger partial charge on any atom is -0.460 e. The third-order valence-corrected chi connectivity index (χ3v) is 4.71. The molecular weight excluding hydrogens is 260 g/mol. The number of esters is 1. The molecule has 2 heterocycles. The Morgan fingerprint density at radius 1 is 1.50 bits per heavy atom. The van der Waals surface area contributed by atoms with Crippen LogP contribution in [0.3, 0.4) is 0 Å². The van der Waals surface area contributed by atoms with Crippen LogP contribution in [0, 0.1) is 5.92 Å². The number of hydrogen-bond donors (Lipinski definition) is 1. The standard InChI is InChI=1S/C15H22O5/c1-2-18-13(16)12-7-6-11-5-3-10-19-15(11,20-12)14(17)8-4-9-14/h7,11,17H,2-6,8-10H2,1H3/t11-,15-/m1/s1. The van der Waals surface area contributed by atoms with E-state index in [-0.39, 0.29) is 11.7 Å². The first-order valence-electron chi connectivity index (χ1n) is 7.54. The maximum Gasteiger partial charge on any atom is 0.373 e. The molecule has 0 aromatic rings. The average molecular weight is 282 g/mol. The highest BCUT2D eigenvalue weighted by atomic mass is 16.7. The molecule has 1 aliphatic carbocycles. The van der Waals surface area contributed by atoms with E-state index in [1.165, 1.54) is 0 Å². The number of rotatable bonds is 3. The van der Waals surface area contributed by atoms with Crippen LogP contribution in [0.1, 0.15) is 45.4 Å². The number of allylic oxidation sites excluding steroid dienone is 1. The summed E-state index contributed by atoms with van der Waals surface area (Å²) in [4.78, 5) is 11.9. The van der Waals surface area contributed by atoms with Gasteiger partial charge in [0.15, 0.2) is 0 Å². The van der Waals surface area contributed by atoms with Crippen molar-refractivity contribution in [1.29, 1.82) is 0 Å². The largest absolute Gasteiger partial charge is 0.460 e. The van der Waals surface area contributed by atoms with Crippen molar-refractivity contribution in [2.24, 2.45) is 5.92 Å². The molecular formula is C15H22O5. The van der Waals surface area contributed by atoms with Crippen molar-refractivity contribution in [2.75, 3.05) is 13.2 Å². The molecule has 3 aliphatic rings. The van der Waals surface area contributed by atoms with E-state index in [0.29, 0.717) is 32.5 Å². The molecule has 1 saturated carbocycles. The summed E-state index contributed by atoms with van der Waals surface area (Å²) in [6.45, 7) is 2.63. The van der Waals surface area contributed by atoms with Crippen LogP contribution in [-0.4, -0.2) is 35.7 Å². The van der Waals surface area contributed by atoms with Gasteiger partial charge in [-0.15, -0.1) is 0 Å². The highest BCUT2D eigenvalue weighted by molar-refractivity contribution is 5.86. The number of hydrogen-bond acceptors (Lipinski definition) is 5. The van der Waals surface area contributed by atoms with E-state index in [2.05, 4.69) is 0 Å². The van der Waals surface area contributed by atoms with Gasteiger partial charge in [0.2, 0.25) is 11.5 Å². The van der Waals surface area contributed by atoms with Gasteiger partial charge in [0.1, 0.15) is 5.60 Å². The number of carbonyl (C=O) groups is 1. The van der Waals surface area contributed by atoms with Gasteiger partial charge in [-0.2, -0.15) is 0 Å². The molecule has 0 aromatic carbocycles. The smallest absolute Gasteiger partial charge is 0.373 e. The normalized spacial score (nSPS) is 35.1. The first kappa shape index (κ1) is 13.9. The molecule has 0 radical (unpaired) electrons. The van der Waals surface area contributed by atoms with Crippen LogP contribution in [0.25, 0.3) is 0 Å². The Morgan fingerprint density at radius 2 is 2.30 bits per heavy atom. The third kappa shape index (κ3) is 1.95. The molecule has 20 heavy (non-hydrogen) atoms. The van der Waals surface area contributed by atoms with Crippen LogP contribution in [0.15, 0.2) is 11.8 Å². The minimum atomic E-state index is -1.06. The lowest BCUT2D eigenvalue weighted by Crippen LogP contribution is -2.67. The lowest BCUT2D eigenvalue weighted by molar-refractivity contribution is -0.365. The van der Waals surface area contributed by atoms with Crippen molar-refractivity contribution in [3.63, 3.8) is 0 Å². The van der Waals surface area contributed by atoms with Crippen LogP contribution in [-0.2, 0) is 19.0 Å². The highest BCUT2D eigenvalue weighted by Gasteiger charge is 2.63. The molecule has 0 aromatic heterocycles. The van der Waals surface area contributed by atoms with E-state index in [1.807, 2.05) is 0 Å². The highest BCUT2D eigenvalue weighted by Crippen LogP contribution is 2.53. The lowest BCUT2D eigenvalue weighted by Gasteiger charge is -2.57. The zero-order valence-electron chi connectivity index (χ0n) is 11.9. The Kier molecular flexibility index (Phi) is 3.50. The molecule has 5 nitrogen and oxygen atoms in total. The summed E-state index contributed by atoms with van der Waals surface area (Å²) in [7, 11) is 0. The van der Waals surface area contributed by atoms with Crippen molar-refractivity contribution < 1.29 is 24.1 Å². The maximum absolute atomic E-state index is 11.9. The third-order valence-electron chi connectivity index (χ3n) is 4.71. The lowest BCUT2D eigenvalue weighted by atomic mass is 9.66. The van der Waals surface area contributed by atoms with E-state index in [9.17, 15) is 9.90 Å². The predicted molar refractivity (Wildman–Crippen MR) is 70.6 cm³/mol. The van der Waals surface area contributed by atoms with Gasteiger partial charge in [0, 0.05) is 5.92 Å². The average Bonchev–Trinajstić information content (AvgIpc) is 2.44. The maximum atomic E-state index is 11.9. The zero-order chi connectivity index (χ0) is 14.2. The monoisotopic (exact) mass is 282 g/mol. The van der Waals surface area contributed by atoms with Crippen molar-refractivity contribution >= 4 is 5.97 Å². The molecule has 0 unspecified atom stereocenters. The van der Waals surface area contributed by atoms with Gasteiger partial charge >= 0.3 is 5.97 Å². The number of fused-ring (bicyclic) bond motifs is 1. The molecule has 112 valence electrons. The first-order valence-corrected chi connectivity index (χ1v) is 7.54. The summed E-state index contributed by atoms with van der Waals surface area (Å²) in [6.07, 6.45) is 6.69. The number of carbonyl (C=O) groups excluding carboxylic acids is 1. The van der Waals surface area contributed by atoms with E-state index >= 15 is 0 Å². The summed E-state index contributed by atoms with van der Waals surface area (Å²) in [6, 6.07) is 0. The molecule has 5 heteroatoms. The number of ether oxygens (including phenoxy) is 3. The summed E-state index contributed by atoms with van der Waals surface area (Å²) >= 11 is 0. The van der Waals surface area contributed by atoms with Gasteiger partial charge in [-0.05, 0) is 51.5 Å². The molecule has 2 atom stereocenters. The Labute approximate surface area is 118 Å². The summed E-state index contributed by atoms with van der Waals surface area (Å²) in [5.41, 5.74) is -0.968. The van der Waals surface area contributed by atoms with Crippen molar-refractivity contribution in [3.8, 4) is 0 Å². The van der Waals surface area contributed by atoms with Gasteiger partial charge in [-0.25, -0.2) is 4.79 Å². The fourth-order valence-electron chi connectivity index (χ4n) is 3.50. The van der Waals surface area contributed by atoms with Crippen molar-refractivity contribution in [2.45, 2.75) is 56.8 Å². The van der Waals surface area contributed by atoms with Gasteiger partial charge in [0.05, 0.1) is 13.2 Å². The van der Waals surface area contributed by atoms with Crippen LogP contribution < -0.4 is 0 Å². The first-order chi connectivity index (χ1) is 9.61. The molecule has 0 spiro atoms. The van der Waals surface area contributed by atoms with Gasteiger partial charge in [0.25, 0.3) is 0 Å². The summed E-state index contributed by atoms with van der Waals surface area (Å²) in [5.74, 6) is -1.23. The number of aliphatic hydroxyl groups is 1. The Hall–Kier alpha value is -1.07. The molecule has 1 saturated heterocycles. The van der Waals surface area contributed by atoms with Gasteiger partial charge < -0.3 is 19.3 Å². The van der Waals surface area contributed by atoms with Gasteiger partial charge in [-0.1, -0.05) is 0 Å². The molecule has 1 N–H and O–H groups in total. The van der Waals surface area contributed by atoms with Crippen molar-refractivity contribution in [1.82, 2.24) is 0 Å². The molecule has 0 amide bonds. The summed E-state index contributed by atoms with van der Waals surface area (Å²) in [5, 5.41) is 10.8. The zero-order valence-corrected chi connectivity index (χ0v) is 11.9. The molecule has 2 aliphatic heterocycles. The quantitative estimate of drug-likeness (QED) is 0.801. The predicted octanol–water partition coefficient (Wildman–Crippen LogP) is 1.89. The molecule has 3 rings (SSSR count).